The number of hydrogen-bond donors (Lipinski definition) is 0. The number of carbonyl (C=O) groups excluding carboxylic acids is 1. The van der Waals surface area contributed by atoms with Gasteiger partial charge in [0.1, 0.15) is 6.29 Å². The van der Waals surface area contributed by atoms with Crippen molar-refractivity contribution in [2.24, 2.45) is 0 Å². The molecule has 0 aliphatic rings. The predicted octanol–water partition coefficient (Wildman–Crippen LogP) is 2.81. The molecular formula is C13H16O3. The van der Waals surface area contributed by atoms with Crippen molar-refractivity contribution in [2.45, 2.75) is 12.8 Å². The molecule has 0 N–H and O–H groups in total. The maximum atomic E-state index is 11.0. The number of aldehydes is 1. The maximum absolute atomic E-state index is 11.0. The van der Waals surface area contributed by atoms with Crippen LogP contribution in [0.15, 0.2) is 24.8 Å². The fourth-order valence-corrected chi connectivity index (χ4v) is 1.66. The van der Waals surface area contributed by atoms with Gasteiger partial charge in [-0.25, -0.2) is 0 Å². The molecule has 0 aliphatic heterocycles. The van der Waals surface area contributed by atoms with E-state index in [1.54, 1.807) is 32.4 Å². The van der Waals surface area contributed by atoms with Gasteiger partial charge in [0, 0.05) is 17.0 Å². The number of hydrogen-bond acceptors (Lipinski definition) is 3. The Labute approximate surface area is 95.7 Å². The number of benzene rings is 1. The lowest BCUT2D eigenvalue weighted by Gasteiger charge is -2.17. The fourth-order valence-electron chi connectivity index (χ4n) is 1.66. The van der Waals surface area contributed by atoms with Crippen LogP contribution in [0, 0.1) is 0 Å². The minimum atomic E-state index is 0.0326. The van der Waals surface area contributed by atoms with E-state index >= 15 is 0 Å². The van der Waals surface area contributed by atoms with E-state index in [1.807, 2.05) is 6.92 Å². The Hall–Kier alpha value is -1.77. The molecule has 86 valence electrons. The second-order valence-electron chi connectivity index (χ2n) is 3.45. The van der Waals surface area contributed by atoms with Crippen LogP contribution in [0.25, 0.3) is 0 Å². The summed E-state index contributed by atoms with van der Waals surface area (Å²) in [7, 11) is 3.13. The molecule has 3 heteroatoms. The highest BCUT2D eigenvalue weighted by Gasteiger charge is 2.17. The van der Waals surface area contributed by atoms with E-state index in [0.29, 0.717) is 17.1 Å². The quantitative estimate of drug-likeness (QED) is 0.565. The zero-order valence-electron chi connectivity index (χ0n) is 9.82. The Morgan fingerprint density at radius 1 is 1.31 bits per heavy atom. The molecule has 0 amide bonds. The Morgan fingerprint density at radius 3 is 2.44 bits per heavy atom. The maximum Gasteiger partial charge on any atom is 0.165 e. The highest BCUT2D eigenvalue weighted by atomic mass is 16.5. The third kappa shape index (κ3) is 2.08. The molecule has 0 bridgehead atoms. The van der Waals surface area contributed by atoms with Gasteiger partial charge in [0.2, 0.25) is 0 Å². The minimum absolute atomic E-state index is 0.0326. The Morgan fingerprint density at radius 2 is 2.00 bits per heavy atom. The second-order valence-corrected chi connectivity index (χ2v) is 3.45. The molecule has 1 aromatic carbocycles. The summed E-state index contributed by atoms with van der Waals surface area (Å²) >= 11 is 0. The second kappa shape index (κ2) is 5.35. The van der Waals surface area contributed by atoms with Crippen LogP contribution >= 0.6 is 0 Å². The molecular weight excluding hydrogens is 204 g/mol. The van der Waals surface area contributed by atoms with Crippen molar-refractivity contribution in [1.82, 2.24) is 0 Å². The summed E-state index contributed by atoms with van der Waals surface area (Å²) in [4.78, 5) is 11.0. The molecule has 1 unspecified atom stereocenters. The molecule has 1 atom stereocenters. The van der Waals surface area contributed by atoms with E-state index in [4.69, 9.17) is 9.47 Å². The van der Waals surface area contributed by atoms with Crippen molar-refractivity contribution in [1.29, 1.82) is 0 Å². The summed E-state index contributed by atoms with van der Waals surface area (Å²) in [5.74, 6) is 1.25. The van der Waals surface area contributed by atoms with E-state index < -0.39 is 0 Å². The zero-order valence-corrected chi connectivity index (χ0v) is 9.82. The Kier molecular flexibility index (Phi) is 4.11. The van der Waals surface area contributed by atoms with Crippen molar-refractivity contribution >= 4 is 6.29 Å². The minimum Gasteiger partial charge on any atom is -0.493 e. The molecule has 1 rings (SSSR count). The van der Waals surface area contributed by atoms with Crippen molar-refractivity contribution in [2.75, 3.05) is 14.2 Å². The van der Waals surface area contributed by atoms with Gasteiger partial charge in [-0.2, -0.15) is 0 Å². The molecule has 0 radical (unpaired) electrons. The van der Waals surface area contributed by atoms with Gasteiger partial charge in [0.25, 0.3) is 0 Å². The van der Waals surface area contributed by atoms with E-state index in [0.717, 1.165) is 11.8 Å². The Bertz CT molecular complexity index is 396. The zero-order chi connectivity index (χ0) is 12.1. The van der Waals surface area contributed by atoms with Crippen molar-refractivity contribution in [3.63, 3.8) is 0 Å². The van der Waals surface area contributed by atoms with Gasteiger partial charge in [-0.05, 0) is 12.1 Å². The largest absolute Gasteiger partial charge is 0.493 e. The molecule has 1 aromatic rings. The van der Waals surface area contributed by atoms with Crippen LogP contribution < -0.4 is 9.47 Å². The van der Waals surface area contributed by atoms with Gasteiger partial charge in [-0.1, -0.05) is 13.0 Å². The number of carbonyl (C=O) groups is 1. The van der Waals surface area contributed by atoms with Crippen molar-refractivity contribution < 1.29 is 14.3 Å². The summed E-state index contributed by atoms with van der Waals surface area (Å²) in [6, 6.07) is 3.45. The first-order valence-corrected chi connectivity index (χ1v) is 5.02. The average molecular weight is 220 g/mol. The molecule has 3 nitrogen and oxygen atoms in total. The fraction of sp³-hybridized carbons (Fsp3) is 0.308. The van der Waals surface area contributed by atoms with Crippen LogP contribution in [0.5, 0.6) is 11.5 Å². The lowest BCUT2D eigenvalue weighted by atomic mass is 9.94. The third-order valence-corrected chi connectivity index (χ3v) is 2.55. The predicted molar refractivity (Wildman–Crippen MR) is 63.5 cm³/mol. The lowest BCUT2D eigenvalue weighted by molar-refractivity contribution is 0.112. The molecule has 0 spiro atoms. The topological polar surface area (TPSA) is 35.5 Å². The van der Waals surface area contributed by atoms with Crippen LogP contribution in [-0.2, 0) is 0 Å². The molecule has 0 aromatic heterocycles. The van der Waals surface area contributed by atoms with E-state index in [2.05, 4.69) is 6.58 Å². The smallest absolute Gasteiger partial charge is 0.165 e. The monoisotopic (exact) mass is 220 g/mol. The van der Waals surface area contributed by atoms with Crippen LogP contribution in [0.4, 0.5) is 0 Å². The van der Waals surface area contributed by atoms with Gasteiger partial charge in [0.05, 0.1) is 14.2 Å². The number of methoxy groups -OCH3 is 2. The van der Waals surface area contributed by atoms with E-state index in [9.17, 15) is 4.79 Å². The Balaban J connectivity index is 3.47. The molecule has 0 saturated carbocycles. The molecule has 0 heterocycles. The highest BCUT2D eigenvalue weighted by molar-refractivity contribution is 5.80. The summed E-state index contributed by atoms with van der Waals surface area (Å²) < 4.78 is 10.5. The highest BCUT2D eigenvalue weighted by Crippen LogP contribution is 2.37. The summed E-state index contributed by atoms with van der Waals surface area (Å²) in [6.07, 6.45) is 2.58. The molecule has 0 fully saturated rings. The average Bonchev–Trinajstić information content (AvgIpc) is 2.35. The standard InChI is InChI=1S/C13H16O3/c1-5-9(2)12-10(8-14)6-7-11(15-3)13(12)16-4/h5-9H,1H2,2-4H3. The SMILES string of the molecule is C=CC(C)c1c(C=O)ccc(OC)c1OC. The van der Waals surface area contributed by atoms with Crippen molar-refractivity contribution in [3.05, 3.63) is 35.9 Å². The van der Waals surface area contributed by atoms with Crippen molar-refractivity contribution in [3.8, 4) is 11.5 Å². The molecule has 0 saturated heterocycles. The van der Waals surface area contributed by atoms with Gasteiger partial charge >= 0.3 is 0 Å². The van der Waals surface area contributed by atoms with E-state index in [1.165, 1.54) is 0 Å². The summed E-state index contributed by atoms with van der Waals surface area (Å²) in [5.41, 5.74) is 1.41. The normalized spacial score (nSPS) is 11.7. The molecule has 0 aliphatic carbocycles. The van der Waals surface area contributed by atoms with E-state index in [-0.39, 0.29) is 5.92 Å². The first-order chi connectivity index (χ1) is 7.69. The van der Waals surface area contributed by atoms with Crippen LogP contribution in [0.2, 0.25) is 0 Å². The van der Waals surface area contributed by atoms with Gasteiger partial charge in [0.15, 0.2) is 11.5 Å². The van der Waals surface area contributed by atoms with Gasteiger partial charge in [-0.3, -0.25) is 4.79 Å². The van der Waals surface area contributed by atoms with Crippen LogP contribution in [0.3, 0.4) is 0 Å². The summed E-state index contributed by atoms with van der Waals surface area (Å²) in [5, 5.41) is 0. The number of rotatable bonds is 5. The number of ether oxygens (including phenoxy) is 2. The first kappa shape index (κ1) is 12.3. The summed E-state index contributed by atoms with van der Waals surface area (Å²) in [6.45, 7) is 5.69. The third-order valence-electron chi connectivity index (χ3n) is 2.55. The van der Waals surface area contributed by atoms with Gasteiger partial charge in [-0.15, -0.1) is 6.58 Å². The first-order valence-electron chi connectivity index (χ1n) is 5.02. The number of allylic oxidation sites excluding steroid dienone is 1. The molecule has 16 heavy (non-hydrogen) atoms. The lowest BCUT2D eigenvalue weighted by Crippen LogP contribution is -2.02. The van der Waals surface area contributed by atoms with Crippen LogP contribution in [0.1, 0.15) is 28.8 Å². The van der Waals surface area contributed by atoms with Gasteiger partial charge < -0.3 is 9.47 Å². The van der Waals surface area contributed by atoms with Crippen LogP contribution in [-0.4, -0.2) is 20.5 Å².